The van der Waals surface area contributed by atoms with E-state index in [0.29, 0.717) is 11.2 Å². The van der Waals surface area contributed by atoms with Crippen molar-refractivity contribution in [3.05, 3.63) is 11.4 Å². The second-order valence-corrected chi connectivity index (χ2v) is 7.46. The number of hydrogen-bond donors (Lipinski definition) is 2. The monoisotopic (exact) mass is 294 g/mol. The van der Waals surface area contributed by atoms with Gasteiger partial charge in [0.05, 0.1) is 0 Å². The Kier molecular flexibility index (Phi) is 5.27. The Balaban J connectivity index is 2.23. The van der Waals surface area contributed by atoms with Gasteiger partial charge in [-0.2, -0.15) is 0 Å². The van der Waals surface area contributed by atoms with E-state index in [2.05, 4.69) is 31.2 Å². The molecule has 1 aliphatic carbocycles. The van der Waals surface area contributed by atoms with Crippen molar-refractivity contribution in [1.82, 2.24) is 9.97 Å². The maximum Gasteiger partial charge on any atom is 0.147 e. The number of rotatable bonds is 4. The highest BCUT2D eigenvalue weighted by molar-refractivity contribution is 7.99. The van der Waals surface area contributed by atoms with Gasteiger partial charge in [-0.15, -0.1) is 11.8 Å². The van der Waals surface area contributed by atoms with Crippen LogP contribution in [0.4, 0.5) is 5.82 Å². The van der Waals surface area contributed by atoms with E-state index in [1.165, 1.54) is 25.7 Å². The number of aromatic nitrogens is 2. The first-order valence-corrected chi connectivity index (χ1v) is 8.41. The Hall–Kier alpha value is -0.810. The lowest BCUT2D eigenvalue weighted by Crippen LogP contribution is -2.17. The third kappa shape index (κ3) is 3.64. The molecule has 1 aliphatic rings. The number of anilines is 1. The lowest BCUT2D eigenvalue weighted by Gasteiger charge is -2.26. The van der Waals surface area contributed by atoms with Crippen LogP contribution in [0.3, 0.4) is 0 Å². The maximum absolute atomic E-state index is 5.59. The molecule has 20 heavy (non-hydrogen) atoms. The van der Waals surface area contributed by atoms with Crippen molar-refractivity contribution in [2.45, 2.75) is 69.6 Å². The van der Waals surface area contributed by atoms with E-state index in [1.807, 2.05) is 18.7 Å². The van der Waals surface area contributed by atoms with Gasteiger partial charge in [-0.1, -0.05) is 33.6 Å². The van der Waals surface area contributed by atoms with Gasteiger partial charge in [0.2, 0.25) is 0 Å². The second kappa shape index (κ2) is 6.76. The van der Waals surface area contributed by atoms with E-state index in [-0.39, 0.29) is 0 Å². The van der Waals surface area contributed by atoms with Crippen LogP contribution in [0.2, 0.25) is 0 Å². The Morgan fingerprint density at radius 1 is 1.30 bits per heavy atom. The smallest absolute Gasteiger partial charge is 0.147 e. The predicted molar refractivity (Wildman–Crippen MR) is 85.9 cm³/mol. The van der Waals surface area contributed by atoms with Gasteiger partial charge < -0.3 is 5.43 Å². The molecule has 112 valence electrons. The first-order valence-electron chi connectivity index (χ1n) is 7.53. The first-order chi connectivity index (χ1) is 9.51. The van der Waals surface area contributed by atoms with Crippen molar-refractivity contribution in [2.75, 3.05) is 5.43 Å². The van der Waals surface area contributed by atoms with E-state index < -0.39 is 0 Å². The highest BCUT2D eigenvalue weighted by Crippen LogP contribution is 2.37. The summed E-state index contributed by atoms with van der Waals surface area (Å²) in [6.07, 6.45) is 5.28. The molecule has 0 aliphatic heterocycles. The van der Waals surface area contributed by atoms with Crippen molar-refractivity contribution < 1.29 is 0 Å². The third-order valence-corrected chi connectivity index (χ3v) is 5.32. The number of hydrogen-bond acceptors (Lipinski definition) is 5. The van der Waals surface area contributed by atoms with Crippen LogP contribution in [0.15, 0.2) is 5.03 Å². The minimum Gasteiger partial charge on any atom is -0.308 e. The normalized spacial score (nSPS) is 23.1. The molecule has 2 unspecified atom stereocenters. The molecule has 5 heteroatoms. The fourth-order valence-corrected chi connectivity index (χ4v) is 4.11. The molecule has 4 nitrogen and oxygen atoms in total. The summed E-state index contributed by atoms with van der Waals surface area (Å²) in [6.45, 7) is 8.63. The zero-order valence-electron chi connectivity index (χ0n) is 12.9. The summed E-state index contributed by atoms with van der Waals surface area (Å²) >= 11 is 1.91. The molecule has 1 aromatic heterocycles. The molecule has 1 heterocycles. The lowest BCUT2D eigenvalue weighted by atomic mass is 9.91. The molecule has 3 N–H and O–H groups in total. The Bertz CT molecular complexity index is 461. The van der Waals surface area contributed by atoms with Crippen molar-refractivity contribution in [1.29, 1.82) is 0 Å². The van der Waals surface area contributed by atoms with Crippen LogP contribution < -0.4 is 11.3 Å². The van der Waals surface area contributed by atoms with Crippen LogP contribution in [-0.2, 0) is 0 Å². The van der Waals surface area contributed by atoms with E-state index in [4.69, 9.17) is 10.8 Å². The number of nitrogens with one attached hydrogen (secondary N) is 1. The van der Waals surface area contributed by atoms with Crippen LogP contribution in [0, 0.1) is 12.8 Å². The van der Waals surface area contributed by atoms with Crippen molar-refractivity contribution in [2.24, 2.45) is 11.8 Å². The van der Waals surface area contributed by atoms with Gasteiger partial charge in [-0.25, -0.2) is 15.8 Å². The molecule has 0 spiro atoms. The van der Waals surface area contributed by atoms with E-state index in [1.54, 1.807) is 0 Å². The van der Waals surface area contributed by atoms with Crippen LogP contribution in [0.25, 0.3) is 0 Å². The number of nitrogens with two attached hydrogens (primary N) is 1. The Morgan fingerprint density at radius 3 is 2.65 bits per heavy atom. The topological polar surface area (TPSA) is 63.8 Å². The van der Waals surface area contributed by atoms with Crippen molar-refractivity contribution in [3.63, 3.8) is 0 Å². The Labute approximate surface area is 126 Å². The average Bonchev–Trinajstić information content (AvgIpc) is 2.41. The number of thioether (sulfide) groups is 1. The van der Waals surface area contributed by atoms with Gasteiger partial charge in [0, 0.05) is 16.7 Å². The summed E-state index contributed by atoms with van der Waals surface area (Å²) in [5.74, 6) is 8.37. The van der Waals surface area contributed by atoms with Crippen molar-refractivity contribution >= 4 is 17.6 Å². The molecule has 0 radical (unpaired) electrons. The number of hydrazine groups is 1. The van der Waals surface area contributed by atoms with Crippen LogP contribution >= 0.6 is 11.8 Å². The first kappa shape index (κ1) is 15.6. The Morgan fingerprint density at radius 2 is 2.05 bits per heavy atom. The second-order valence-electron chi connectivity index (χ2n) is 6.17. The average molecular weight is 294 g/mol. The fraction of sp³-hybridized carbons (Fsp3) is 0.733. The molecule has 2 atom stereocenters. The molecule has 0 aromatic carbocycles. The number of nitrogens with zero attached hydrogens (tertiary/aromatic N) is 2. The predicted octanol–water partition coefficient (Wildman–Crippen LogP) is 3.86. The van der Waals surface area contributed by atoms with E-state index in [0.717, 1.165) is 28.1 Å². The number of nitrogen functional groups attached to an aromatic ring is 1. The fourth-order valence-electron chi connectivity index (χ4n) is 2.67. The molecular weight excluding hydrogens is 268 g/mol. The third-order valence-electron chi connectivity index (χ3n) is 3.94. The minimum absolute atomic E-state index is 0.312. The highest BCUT2D eigenvalue weighted by atomic mass is 32.2. The standard InChI is InChI=1S/C15H26N4S/c1-9(2)13-17-14(19-16)11(4)15(18-13)20-12-7-5-6-10(3)8-12/h9-10,12H,5-8,16H2,1-4H3,(H,17,18,19). The summed E-state index contributed by atoms with van der Waals surface area (Å²) in [7, 11) is 0. The van der Waals surface area contributed by atoms with Gasteiger partial charge in [0.1, 0.15) is 16.7 Å². The molecular formula is C15H26N4S. The maximum atomic E-state index is 5.59. The van der Waals surface area contributed by atoms with Gasteiger partial charge >= 0.3 is 0 Å². The largest absolute Gasteiger partial charge is 0.308 e. The molecule has 1 fully saturated rings. The summed E-state index contributed by atoms with van der Waals surface area (Å²) in [5.41, 5.74) is 3.78. The molecule has 0 saturated heterocycles. The zero-order valence-corrected chi connectivity index (χ0v) is 13.8. The summed E-state index contributed by atoms with van der Waals surface area (Å²) < 4.78 is 0. The molecule has 0 bridgehead atoms. The molecule has 0 amide bonds. The summed E-state index contributed by atoms with van der Waals surface area (Å²) in [6, 6.07) is 0. The molecule has 1 saturated carbocycles. The van der Waals surface area contributed by atoms with E-state index in [9.17, 15) is 0 Å². The quantitative estimate of drug-likeness (QED) is 0.501. The summed E-state index contributed by atoms with van der Waals surface area (Å²) in [4.78, 5) is 9.25. The van der Waals surface area contributed by atoms with Gasteiger partial charge in [0.15, 0.2) is 0 Å². The van der Waals surface area contributed by atoms with Gasteiger partial charge in [-0.3, -0.25) is 0 Å². The van der Waals surface area contributed by atoms with Crippen LogP contribution in [0.1, 0.15) is 63.8 Å². The lowest BCUT2D eigenvalue weighted by molar-refractivity contribution is 0.394. The van der Waals surface area contributed by atoms with E-state index >= 15 is 0 Å². The SMILES string of the molecule is Cc1c(NN)nc(C(C)C)nc1SC1CCCC(C)C1. The van der Waals surface area contributed by atoms with Crippen molar-refractivity contribution in [3.8, 4) is 0 Å². The molecule has 1 aromatic rings. The van der Waals surface area contributed by atoms with Gasteiger partial charge in [-0.05, 0) is 25.7 Å². The zero-order chi connectivity index (χ0) is 14.7. The van der Waals surface area contributed by atoms with Crippen LogP contribution in [-0.4, -0.2) is 15.2 Å². The summed E-state index contributed by atoms with van der Waals surface area (Å²) in [5, 5.41) is 1.77. The molecule has 2 rings (SSSR count). The van der Waals surface area contributed by atoms with Crippen LogP contribution in [0.5, 0.6) is 0 Å². The minimum atomic E-state index is 0.312. The van der Waals surface area contributed by atoms with Gasteiger partial charge in [0.25, 0.3) is 0 Å². The highest BCUT2D eigenvalue weighted by Gasteiger charge is 2.22.